The molecule has 4 heteroatoms. The minimum atomic E-state index is 0.574. The molecule has 10 heavy (non-hydrogen) atoms. The molecule has 2 aromatic rings. The summed E-state index contributed by atoms with van der Waals surface area (Å²) >= 11 is 5.64. The third-order valence-corrected chi connectivity index (χ3v) is 1.35. The molecule has 0 amide bonds. The van der Waals surface area contributed by atoms with Crippen LogP contribution in [0, 0.1) is 6.20 Å². The van der Waals surface area contributed by atoms with Gasteiger partial charge in [0.05, 0.1) is 11.2 Å². The molecular weight excluding hydrogens is 150 g/mol. The normalized spacial score (nSPS) is 10.5. The first-order chi connectivity index (χ1) is 4.86. The fourth-order valence-electron chi connectivity index (χ4n) is 0.736. The van der Waals surface area contributed by atoms with Crippen molar-refractivity contribution in [2.75, 3.05) is 0 Å². The van der Waals surface area contributed by atoms with E-state index in [4.69, 9.17) is 11.6 Å². The van der Waals surface area contributed by atoms with Gasteiger partial charge >= 0.3 is 0 Å². The average molecular weight is 153 g/mol. The SMILES string of the molecule is Clc1cnc2c[c]nn2c1. The molecule has 0 bridgehead atoms. The van der Waals surface area contributed by atoms with Gasteiger partial charge in [-0.15, -0.1) is 0 Å². The first-order valence-corrected chi connectivity index (χ1v) is 3.11. The van der Waals surface area contributed by atoms with Crippen LogP contribution in [0.5, 0.6) is 0 Å². The molecule has 0 saturated heterocycles. The summed E-state index contributed by atoms with van der Waals surface area (Å²) in [5, 5.41) is 4.40. The van der Waals surface area contributed by atoms with Crippen LogP contribution in [0.15, 0.2) is 18.5 Å². The Kier molecular flexibility index (Phi) is 1.11. The zero-order valence-corrected chi connectivity index (χ0v) is 5.71. The summed E-state index contributed by atoms with van der Waals surface area (Å²) in [6.45, 7) is 0. The first kappa shape index (κ1) is 5.68. The highest BCUT2D eigenvalue weighted by atomic mass is 35.5. The molecule has 2 rings (SSSR count). The lowest BCUT2D eigenvalue weighted by molar-refractivity contribution is 0.936. The van der Waals surface area contributed by atoms with Crippen molar-refractivity contribution in [3.63, 3.8) is 0 Å². The summed E-state index contributed by atoms with van der Waals surface area (Å²) in [4.78, 5) is 3.98. The van der Waals surface area contributed by atoms with Crippen molar-refractivity contribution in [1.29, 1.82) is 0 Å². The number of hydrogen-bond acceptors (Lipinski definition) is 2. The second kappa shape index (κ2) is 1.95. The molecule has 0 aliphatic rings. The van der Waals surface area contributed by atoms with Gasteiger partial charge < -0.3 is 0 Å². The highest BCUT2D eigenvalue weighted by molar-refractivity contribution is 6.30. The topological polar surface area (TPSA) is 30.2 Å². The Morgan fingerprint density at radius 3 is 3.40 bits per heavy atom. The number of aromatic nitrogens is 3. The Bertz CT molecular complexity index is 355. The third kappa shape index (κ3) is 0.752. The van der Waals surface area contributed by atoms with Crippen LogP contribution in [0.4, 0.5) is 0 Å². The summed E-state index contributed by atoms with van der Waals surface area (Å²) in [5.41, 5.74) is 0.754. The number of halogens is 1. The van der Waals surface area contributed by atoms with E-state index in [9.17, 15) is 0 Å². The maximum atomic E-state index is 5.64. The van der Waals surface area contributed by atoms with Gasteiger partial charge in [0.15, 0.2) is 5.65 Å². The van der Waals surface area contributed by atoms with Crippen molar-refractivity contribution in [2.45, 2.75) is 0 Å². The lowest BCUT2D eigenvalue weighted by atomic mass is 10.6. The van der Waals surface area contributed by atoms with E-state index < -0.39 is 0 Å². The van der Waals surface area contributed by atoms with Gasteiger partial charge in [0, 0.05) is 12.3 Å². The molecule has 0 atom stereocenters. The molecule has 0 unspecified atom stereocenters. The molecule has 0 aliphatic carbocycles. The molecule has 0 aromatic carbocycles. The highest BCUT2D eigenvalue weighted by Crippen LogP contribution is 2.05. The maximum absolute atomic E-state index is 5.64. The van der Waals surface area contributed by atoms with Gasteiger partial charge in [0.2, 0.25) is 0 Å². The number of fused-ring (bicyclic) bond motifs is 1. The monoisotopic (exact) mass is 152 g/mol. The standard InChI is InChI=1S/C6H3ClN3/c7-5-3-8-6-1-2-9-10(6)4-5/h1,3-4H. The van der Waals surface area contributed by atoms with E-state index in [2.05, 4.69) is 16.3 Å². The largest absolute Gasteiger partial charge is 0.235 e. The van der Waals surface area contributed by atoms with Crippen LogP contribution in [-0.2, 0) is 0 Å². The van der Waals surface area contributed by atoms with Gasteiger partial charge in [-0.1, -0.05) is 11.6 Å². The zero-order valence-electron chi connectivity index (χ0n) is 4.95. The Morgan fingerprint density at radius 1 is 1.60 bits per heavy atom. The smallest absolute Gasteiger partial charge is 0.155 e. The molecule has 0 spiro atoms. The third-order valence-electron chi connectivity index (χ3n) is 1.16. The van der Waals surface area contributed by atoms with Gasteiger partial charge in [-0.05, 0) is 0 Å². The first-order valence-electron chi connectivity index (χ1n) is 2.73. The second-order valence-corrected chi connectivity index (χ2v) is 2.28. The van der Waals surface area contributed by atoms with Crippen LogP contribution in [0.3, 0.4) is 0 Å². The molecule has 1 radical (unpaired) electrons. The lowest BCUT2D eigenvalue weighted by Crippen LogP contribution is -1.87. The van der Waals surface area contributed by atoms with Gasteiger partial charge in [-0.25, -0.2) is 9.50 Å². The van der Waals surface area contributed by atoms with E-state index in [1.165, 1.54) is 0 Å². The lowest BCUT2D eigenvalue weighted by Gasteiger charge is -1.90. The molecule has 2 heterocycles. The summed E-state index contributed by atoms with van der Waals surface area (Å²) < 4.78 is 1.57. The Balaban J connectivity index is 2.86. The van der Waals surface area contributed by atoms with Crippen molar-refractivity contribution in [3.8, 4) is 0 Å². The fraction of sp³-hybridized carbons (Fsp3) is 0. The van der Waals surface area contributed by atoms with Crippen molar-refractivity contribution >= 4 is 17.2 Å². The van der Waals surface area contributed by atoms with Crippen molar-refractivity contribution in [2.24, 2.45) is 0 Å². The predicted octanol–water partition coefficient (Wildman–Crippen LogP) is 1.18. The fourth-order valence-corrected chi connectivity index (χ4v) is 0.877. The molecule has 0 N–H and O–H groups in total. The molecule has 0 aliphatic heterocycles. The van der Waals surface area contributed by atoms with Crippen molar-refractivity contribution in [3.05, 3.63) is 29.7 Å². The average Bonchev–Trinajstić information content (AvgIpc) is 2.33. The van der Waals surface area contributed by atoms with Crippen LogP contribution >= 0.6 is 11.6 Å². The van der Waals surface area contributed by atoms with E-state index in [1.54, 1.807) is 23.0 Å². The molecule has 0 fully saturated rings. The van der Waals surface area contributed by atoms with E-state index in [0.717, 1.165) is 5.65 Å². The van der Waals surface area contributed by atoms with Crippen LogP contribution < -0.4 is 0 Å². The minimum absolute atomic E-state index is 0.574. The summed E-state index contributed by atoms with van der Waals surface area (Å²) in [6.07, 6.45) is 5.91. The number of hydrogen-bond donors (Lipinski definition) is 0. The molecule has 3 nitrogen and oxygen atoms in total. The Hall–Kier alpha value is -1.09. The summed E-state index contributed by atoms with van der Waals surface area (Å²) in [7, 11) is 0. The van der Waals surface area contributed by atoms with Crippen molar-refractivity contribution < 1.29 is 0 Å². The zero-order chi connectivity index (χ0) is 6.97. The van der Waals surface area contributed by atoms with E-state index >= 15 is 0 Å². The number of nitrogens with zero attached hydrogens (tertiary/aromatic N) is 3. The molecular formula is C6H3ClN3. The van der Waals surface area contributed by atoms with Gasteiger partial charge in [-0.2, -0.15) is 5.10 Å². The maximum Gasteiger partial charge on any atom is 0.155 e. The molecule has 0 saturated carbocycles. The van der Waals surface area contributed by atoms with Gasteiger partial charge in [-0.3, -0.25) is 0 Å². The van der Waals surface area contributed by atoms with Crippen LogP contribution in [0.25, 0.3) is 5.65 Å². The quantitative estimate of drug-likeness (QED) is 0.568. The van der Waals surface area contributed by atoms with E-state index in [1.807, 2.05) is 0 Å². The minimum Gasteiger partial charge on any atom is -0.235 e. The predicted molar refractivity (Wildman–Crippen MR) is 36.8 cm³/mol. The second-order valence-electron chi connectivity index (χ2n) is 1.85. The Morgan fingerprint density at radius 2 is 2.50 bits per heavy atom. The number of rotatable bonds is 0. The molecule has 49 valence electrons. The van der Waals surface area contributed by atoms with Crippen LogP contribution in [0.1, 0.15) is 0 Å². The van der Waals surface area contributed by atoms with Crippen molar-refractivity contribution in [1.82, 2.24) is 14.6 Å². The summed E-state index contributed by atoms with van der Waals surface area (Å²) in [5.74, 6) is 0. The summed E-state index contributed by atoms with van der Waals surface area (Å²) in [6, 6.07) is 1.69. The Labute approximate surface area is 62.3 Å². The highest BCUT2D eigenvalue weighted by Gasteiger charge is 1.93. The van der Waals surface area contributed by atoms with E-state index in [-0.39, 0.29) is 0 Å². The molecule has 2 aromatic heterocycles. The van der Waals surface area contributed by atoms with Gasteiger partial charge in [0.25, 0.3) is 0 Å². The van der Waals surface area contributed by atoms with Crippen LogP contribution in [-0.4, -0.2) is 14.6 Å². The van der Waals surface area contributed by atoms with Crippen LogP contribution in [0.2, 0.25) is 5.02 Å². The van der Waals surface area contributed by atoms with Gasteiger partial charge in [0.1, 0.15) is 6.20 Å². The van der Waals surface area contributed by atoms with E-state index in [0.29, 0.717) is 5.02 Å².